The number of rotatable bonds is 8. The predicted molar refractivity (Wildman–Crippen MR) is 113 cm³/mol. The third kappa shape index (κ3) is 7.27. The Balaban J connectivity index is 0.00000338. The highest BCUT2D eigenvalue weighted by Gasteiger charge is 2.05. The van der Waals surface area contributed by atoms with Crippen LogP contribution in [0.25, 0.3) is 0 Å². The van der Waals surface area contributed by atoms with Gasteiger partial charge in [-0.25, -0.2) is 9.38 Å². The van der Waals surface area contributed by atoms with Crippen LogP contribution in [0.4, 0.5) is 4.39 Å². The first-order valence-corrected chi connectivity index (χ1v) is 8.72. The molecule has 0 bridgehead atoms. The Morgan fingerprint density at radius 3 is 2.73 bits per heavy atom. The first-order valence-electron chi connectivity index (χ1n) is 8.72. The van der Waals surface area contributed by atoms with Crippen molar-refractivity contribution < 1.29 is 4.39 Å². The molecular formula is C18H28FIN6. The summed E-state index contributed by atoms with van der Waals surface area (Å²) in [6.45, 7) is 8.85. The molecule has 0 aliphatic heterocycles. The molecular weight excluding hydrogens is 446 g/mol. The maximum atomic E-state index is 13.7. The molecule has 0 fully saturated rings. The van der Waals surface area contributed by atoms with E-state index >= 15 is 0 Å². The zero-order valence-corrected chi connectivity index (χ0v) is 17.9. The minimum atomic E-state index is -0.230. The Bertz CT molecular complexity index is 686. The number of aliphatic imine (C=N–C) groups is 1. The van der Waals surface area contributed by atoms with Crippen molar-refractivity contribution in [1.82, 2.24) is 25.4 Å². The molecule has 1 aromatic heterocycles. The normalized spacial score (nSPS) is 11.3. The number of benzene rings is 1. The van der Waals surface area contributed by atoms with Crippen molar-refractivity contribution in [2.45, 2.75) is 40.3 Å². The second kappa shape index (κ2) is 11.8. The molecule has 8 heteroatoms. The number of nitrogens with zero attached hydrogens (tertiary/aromatic N) is 4. The van der Waals surface area contributed by atoms with Gasteiger partial charge < -0.3 is 15.2 Å². The summed E-state index contributed by atoms with van der Waals surface area (Å²) in [5.41, 5.74) is 0.584. The fourth-order valence-corrected chi connectivity index (χ4v) is 2.30. The molecule has 0 unspecified atom stereocenters. The van der Waals surface area contributed by atoms with Crippen LogP contribution in [0.15, 0.2) is 35.6 Å². The van der Waals surface area contributed by atoms with Gasteiger partial charge in [-0.2, -0.15) is 0 Å². The summed E-state index contributed by atoms with van der Waals surface area (Å²) >= 11 is 0. The van der Waals surface area contributed by atoms with E-state index in [-0.39, 0.29) is 29.8 Å². The smallest absolute Gasteiger partial charge is 0.191 e. The van der Waals surface area contributed by atoms with Crippen molar-refractivity contribution in [1.29, 1.82) is 0 Å². The van der Waals surface area contributed by atoms with Crippen molar-refractivity contribution in [3.05, 3.63) is 47.8 Å². The average molecular weight is 474 g/mol. The zero-order valence-electron chi connectivity index (χ0n) is 15.6. The molecule has 2 rings (SSSR count). The maximum Gasteiger partial charge on any atom is 0.191 e. The number of hydrogen-bond donors (Lipinski definition) is 2. The van der Waals surface area contributed by atoms with Crippen LogP contribution in [0.3, 0.4) is 0 Å². The molecule has 6 nitrogen and oxygen atoms in total. The fraction of sp³-hybridized carbons (Fsp3) is 0.500. The predicted octanol–water partition coefficient (Wildman–Crippen LogP) is 2.99. The van der Waals surface area contributed by atoms with E-state index in [9.17, 15) is 4.39 Å². The van der Waals surface area contributed by atoms with Gasteiger partial charge in [-0.1, -0.05) is 39.0 Å². The van der Waals surface area contributed by atoms with Crippen molar-refractivity contribution in [2.24, 2.45) is 10.9 Å². The minimum absolute atomic E-state index is 0. The van der Waals surface area contributed by atoms with E-state index in [4.69, 9.17) is 0 Å². The topological polar surface area (TPSA) is 67.1 Å². The number of halogens is 2. The lowest BCUT2D eigenvalue weighted by Gasteiger charge is -2.15. The van der Waals surface area contributed by atoms with E-state index in [1.54, 1.807) is 18.5 Å². The number of aromatic nitrogens is 3. The highest BCUT2D eigenvalue weighted by Crippen LogP contribution is 2.07. The fourth-order valence-electron chi connectivity index (χ4n) is 2.30. The monoisotopic (exact) mass is 474 g/mol. The third-order valence-electron chi connectivity index (χ3n) is 3.70. The summed E-state index contributed by atoms with van der Waals surface area (Å²) < 4.78 is 15.8. The molecule has 2 N–H and O–H groups in total. The number of guanidine groups is 1. The van der Waals surface area contributed by atoms with Crippen LogP contribution in [-0.2, 0) is 19.5 Å². The summed E-state index contributed by atoms with van der Waals surface area (Å²) in [7, 11) is 0. The number of hydrogen-bond acceptors (Lipinski definition) is 3. The molecule has 26 heavy (non-hydrogen) atoms. The summed E-state index contributed by atoms with van der Waals surface area (Å²) in [5, 5.41) is 14.6. The Morgan fingerprint density at radius 2 is 2.04 bits per heavy atom. The Morgan fingerprint density at radius 1 is 1.27 bits per heavy atom. The van der Waals surface area contributed by atoms with Gasteiger partial charge in [0.25, 0.3) is 0 Å². The van der Waals surface area contributed by atoms with Crippen LogP contribution >= 0.6 is 24.0 Å². The van der Waals surface area contributed by atoms with Crippen LogP contribution in [-0.4, -0.2) is 33.8 Å². The largest absolute Gasteiger partial charge is 0.356 e. The standard InChI is InChI=1S/C18H27FN6.HI/c1-4-17-24-23-13-25(17)10-9-20-18(21-11-14(2)3)22-12-15-7-5-6-8-16(15)19;/h5-8,13-14H,4,9-12H2,1-3H3,(H2,20,21,22);1H. The Labute approximate surface area is 171 Å². The summed E-state index contributed by atoms with van der Waals surface area (Å²) in [6.07, 6.45) is 2.58. The SMILES string of the molecule is CCc1nncn1CCNC(=NCc1ccccc1F)NCC(C)C.I. The average Bonchev–Trinajstić information content (AvgIpc) is 3.05. The lowest BCUT2D eigenvalue weighted by atomic mass is 10.2. The molecule has 144 valence electrons. The van der Waals surface area contributed by atoms with Gasteiger partial charge in [-0.3, -0.25) is 0 Å². The highest BCUT2D eigenvalue weighted by atomic mass is 127. The molecule has 0 aliphatic carbocycles. The van der Waals surface area contributed by atoms with Crippen molar-refractivity contribution in [2.75, 3.05) is 13.1 Å². The lowest BCUT2D eigenvalue weighted by molar-refractivity contribution is 0.595. The second-order valence-corrected chi connectivity index (χ2v) is 6.25. The van der Waals surface area contributed by atoms with Crippen molar-refractivity contribution in [3.8, 4) is 0 Å². The van der Waals surface area contributed by atoms with Gasteiger partial charge in [0, 0.05) is 31.6 Å². The molecule has 0 aliphatic rings. The van der Waals surface area contributed by atoms with Gasteiger partial charge in [0.05, 0.1) is 6.54 Å². The van der Waals surface area contributed by atoms with Gasteiger partial charge in [0.2, 0.25) is 0 Å². The van der Waals surface area contributed by atoms with Gasteiger partial charge in [-0.15, -0.1) is 34.2 Å². The summed E-state index contributed by atoms with van der Waals surface area (Å²) in [5.74, 6) is 1.90. The molecule has 2 aromatic rings. The molecule has 0 amide bonds. The Kier molecular flexibility index (Phi) is 10.2. The quantitative estimate of drug-likeness (QED) is 0.351. The summed E-state index contributed by atoms with van der Waals surface area (Å²) in [4.78, 5) is 4.50. The third-order valence-corrected chi connectivity index (χ3v) is 3.70. The molecule has 1 heterocycles. The van der Waals surface area contributed by atoms with Gasteiger partial charge >= 0.3 is 0 Å². The number of nitrogens with one attached hydrogen (secondary N) is 2. The van der Waals surface area contributed by atoms with Gasteiger partial charge in [0.1, 0.15) is 18.0 Å². The molecule has 1 aromatic carbocycles. The van der Waals surface area contributed by atoms with Crippen LogP contribution in [0.1, 0.15) is 32.2 Å². The first kappa shape index (κ1) is 22.3. The van der Waals surface area contributed by atoms with Gasteiger partial charge in [-0.05, 0) is 12.0 Å². The molecule has 0 saturated carbocycles. The zero-order chi connectivity index (χ0) is 18.1. The molecule has 0 radical (unpaired) electrons. The van der Waals surface area contributed by atoms with E-state index in [2.05, 4.69) is 46.6 Å². The maximum absolute atomic E-state index is 13.7. The number of aryl methyl sites for hydroxylation is 1. The van der Waals surface area contributed by atoms with E-state index in [1.807, 2.05) is 10.6 Å². The van der Waals surface area contributed by atoms with Crippen LogP contribution in [0, 0.1) is 11.7 Å². The van der Waals surface area contributed by atoms with E-state index in [0.717, 1.165) is 25.3 Å². The van der Waals surface area contributed by atoms with Crippen molar-refractivity contribution in [3.63, 3.8) is 0 Å². The second-order valence-electron chi connectivity index (χ2n) is 6.25. The Hall–Kier alpha value is -1.71. The van der Waals surface area contributed by atoms with Crippen LogP contribution < -0.4 is 10.6 Å². The molecule has 0 atom stereocenters. The molecule has 0 spiro atoms. The van der Waals surface area contributed by atoms with E-state index < -0.39 is 0 Å². The van der Waals surface area contributed by atoms with Crippen molar-refractivity contribution >= 4 is 29.9 Å². The first-order chi connectivity index (χ1) is 12.1. The van der Waals surface area contributed by atoms with Gasteiger partial charge in [0.15, 0.2) is 5.96 Å². The van der Waals surface area contributed by atoms with E-state index in [1.165, 1.54) is 6.07 Å². The van der Waals surface area contributed by atoms with E-state index in [0.29, 0.717) is 30.5 Å². The molecule has 0 saturated heterocycles. The van der Waals surface area contributed by atoms with Crippen LogP contribution in [0.5, 0.6) is 0 Å². The summed E-state index contributed by atoms with van der Waals surface area (Å²) in [6, 6.07) is 6.71. The highest BCUT2D eigenvalue weighted by molar-refractivity contribution is 14.0. The lowest BCUT2D eigenvalue weighted by Crippen LogP contribution is -2.40. The van der Waals surface area contributed by atoms with Crippen LogP contribution in [0.2, 0.25) is 0 Å². The minimum Gasteiger partial charge on any atom is -0.356 e.